The minimum absolute atomic E-state index is 0.00278. The average Bonchev–Trinajstić information content (AvgIpc) is 2.87. The van der Waals surface area contributed by atoms with E-state index >= 15 is 0 Å². The first-order chi connectivity index (χ1) is 9.02. The fourth-order valence-electron chi connectivity index (χ4n) is 1.53. The van der Waals surface area contributed by atoms with Crippen LogP contribution in [0.5, 0.6) is 0 Å². The second kappa shape index (κ2) is 5.21. The molecule has 0 bridgehead atoms. The number of nitrogens with one attached hydrogen (secondary N) is 1. The van der Waals surface area contributed by atoms with Crippen molar-refractivity contribution in [3.8, 4) is 0 Å². The maximum absolute atomic E-state index is 11.1. The SMILES string of the molecule is O=C(NO)[C@H]1COC(c2ccc(Cl)c([N+](=O)[O-])c2)=N1. The van der Waals surface area contributed by atoms with Crippen molar-refractivity contribution in [2.24, 2.45) is 4.99 Å². The van der Waals surface area contributed by atoms with Crippen molar-refractivity contribution in [3.63, 3.8) is 0 Å². The topological polar surface area (TPSA) is 114 Å². The van der Waals surface area contributed by atoms with Crippen LogP contribution in [0, 0.1) is 10.1 Å². The van der Waals surface area contributed by atoms with Gasteiger partial charge in [0.15, 0.2) is 6.04 Å². The number of hydroxylamine groups is 1. The molecule has 1 atom stereocenters. The lowest BCUT2D eigenvalue weighted by Crippen LogP contribution is -2.31. The van der Waals surface area contributed by atoms with Gasteiger partial charge in [-0.1, -0.05) is 11.6 Å². The zero-order chi connectivity index (χ0) is 14.0. The fourth-order valence-corrected chi connectivity index (χ4v) is 1.71. The summed E-state index contributed by atoms with van der Waals surface area (Å²) in [5.74, 6) is -0.619. The molecular weight excluding hydrogens is 278 g/mol. The van der Waals surface area contributed by atoms with Crippen LogP contribution in [0.25, 0.3) is 0 Å². The molecule has 19 heavy (non-hydrogen) atoms. The van der Waals surface area contributed by atoms with Gasteiger partial charge in [0, 0.05) is 11.6 Å². The summed E-state index contributed by atoms with van der Waals surface area (Å²) in [6.07, 6.45) is 0. The van der Waals surface area contributed by atoms with Gasteiger partial charge in [-0.05, 0) is 12.1 Å². The van der Waals surface area contributed by atoms with Crippen LogP contribution >= 0.6 is 11.6 Å². The predicted octanol–water partition coefficient (Wildman–Crippen LogP) is 0.899. The molecule has 0 unspecified atom stereocenters. The molecule has 1 aromatic carbocycles. The van der Waals surface area contributed by atoms with E-state index in [1.54, 1.807) is 0 Å². The standard InChI is InChI=1S/C10H8ClN3O5/c11-6-2-1-5(3-8(6)14(17)18)10-12-7(4-19-10)9(15)13-16/h1-3,7,16H,4H2,(H,13,15)/t7-/m1/s1. The van der Waals surface area contributed by atoms with Gasteiger partial charge in [0.25, 0.3) is 11.6 Å². The molecule has 1 aliphatic heterocycles. The third kappa shape index (κ3) is 2.64. The van der Waals surface area contributed by atoms with Crippen molar-refractivity contribution in [1.29, 1.82) is 0 Å². The first-order valence-corrected chi connectivity index (χ1v) is 5.49. The molecule has 8 nitrogen and oxygen atoms in total. The van der Waals surface area contributed by atoms with Crippen LogP contribution in [-0.4, -0.2) is 34.6 Å². The lowest BCUT2D eigenvalue weighted by Gasteiger charge is -2.02. The van der Waals surface area contributed by atoms with E-state index in [-0.39, 0.29) is 23.2 Å². The maximum atomic E-state index is 11.1. The highest BCUT2D eigenvalue weighted by atomic mass is 35.5. The van der Waals surface area contributed by atoms with Gasteiger partial charge in [0.05, 0.1) is 4.92 Å². The number of halogens is 1. The number of carbonyl (C=O) groups is 1. The van der Waals surface area contributed by atoms with Crippen molar-refractivity contribution in [2.45, 2.75) is 6.04 Å². The first kappa shape index (κ1) is 13.2. The highest BCUT2D eigenvalue weighted by molar-refractivity contribution is 6.32. The Morgan fingerprint density at radius 3 is 3.00 bits per heavy atom. The number of hydrogen-bond donors (Lipinski definition) is 2. The van der Waals surface area contributed by atoms with Gasteiger partial charge in [0.1, 0.15) is 11.6 Å². The molecule has 1 amide bonds. The third-order valence-electron chi connectivity index (χ3n) is 2.45. The van der Waals surface area contributed by atoms with E-state index in [2.05, 4.69) is 4.99 Å². The van der Waals surface area contributed by atoms with Crippen LogP contribution in [0.15, 0.2) is 23.2 Å². The van der Waals surface area contributed by atoms with E-state index in [0.29, 0.717) is 5.56 Å². The summed E-state index contributed by atoms with van der Waals surface area (Å²) in [6, 6.07) is 3.17. The van der Waals surface area contributed by atoms with E-state index in [4.69, 9.17) is 21.5 Å². The molecule has 0 aliphatic carbocycles. The first-order valence-electron chi connectivity index (χ1n) is 5.12. The molecule has 0 saturated carbocycles. The summed E-state index contributed by atoms with van der Waals surface area (Å²) in [6.45, 7) is -0.0435. The summed E-state index contributed by atoms with van der Waals surface area (Å²) in [7, 11) is 0. The van der Waals surface area contributed by atoms with Crippen LogP contribution in [-0.2, 0) is 9.53 Å². The second-order valence-corrected chi connectivity index (χ2v) is 4.07. The molecule has 0 fully saturated rings. The summed E-state index contributed by atoms with van der Waals surface area (Å²) >= 11 is 5.68. The zero-order valence-electron chi connectivity index (χ0n) is 9.37. The van der Waals surface area contributed by atoms with Crippen LogP contribution in [0.1, 0.15) is 5.56 Å². The van der Waals surface area contributed by atoms with Crippen LogP contribution in [0.4, 0.5) is 5.69 Å². The molecule has 0 spiro atoms. The van der Waals surface area contributed by atoms with E-state index in [0.717, 1.165) is 0 Å². The molecule has 1 heterocycles. The number of nitro groups is 1. The van der Waals surface area contributed by atoms with E-state index in [1.165, 1.54) is 23.7 Å². The van der Waals surface area contributed by atoms with Gasteiger partial charge in [-0.25, -0.2) is 10.5 Å². The lowest BCUT2D eigenvalue weighted by atomic mass is 10.2. The van der Waals surface area contributed by atoms with Gasteiger partial charge in [-0.15, -0.1) is 0 Å². The largest absolute Gasteiger partial charge is 0.475 e. The molecule has 0 radical (unpaired) electrons. The average molecular weight is 286 g/mol. The Kier molecular flexibility index (Phi) is 3.63. The smallest absolute Gasteiger partial charge is 0.288 e. The normalized spacial score (nSPS) is 17.6. The van der Waals surface area contributed by atoms with Crippen LogP contribution in [0.2, 0.25) is 5.02 Å². The fraction of sp³-hybridized carbons (Fsp3) is 0.200. The van der Waals surface area contributed by atoms with Crippen molar-refractivity contribution < 1.29 is 19.7 Å². The Hall–Kier alpha value is -2.19. The van der Waals surface area contributed by atoms with Crippen molar-refractivity contribution in [3.05, 3.63) is 38.9 Å². The molecule has 1 aliphatic rings. The predicted molar refractivity (Wildman–Crippen MR) is 64.3 cm³/mol. The molecule has 0 saturated heterocycles. The van der Waals surface area contributed by atoms with Gasteiger partial charge in [-0.3, -0.25) is 20.1 Å². The minimum Gasteiger partial charge on any atom is -0.475 e. The van der Waals surface area contributed by atoms with Gasteiger partial charge in [0.2, 0.25) is 5.90 Å². The van der Waals surface area contributed by atoms with E-state index in [1.807, 2.05) is 0 Å². The Morgan fingerprint density at radius 1 is 1.63 bits per heavy atom. The number of rotatable bonds is 3. The molecular formula is C10H8ClN3O5. The third-order valence-corrected chi connectivity index (χ3v) is 2.77. The van der Waals surface area contributed by atoms with Crippen LogP contribution in [0.3, 0.4) is 0 Å². The van der Waals surface area contributed by atoms with Gasteiger partial charge in [-0.2, -0.15) is 0 Å². The summed E-state index contributed by atoms with van der Waals surface area (Å²) in [5.41, 5.74) is 1.52. The quantitative estimate of drug-likeness (QED) is 0.486. The second-order valence-electron chi connectivity index (χ2n) is 3.66. The maximum Gasteiger partial charge on any atom is 0.288 e. The van der Waals surface area contributed by atoms with Crippen molar-refractivity contribution in [2.75, 3.05) is 6.61 Å². The minimum atomic E-state index is -0.880. The highest BCUT2D eigenvalue weighted by Gasteiger charge is 2.27. The monoisotopic (exact) mass is 285 g/mol. The molecule has 1 aromatic rings. The van der Waals surface area contributed by atoms with Gasteiger partial charge >= 0.3 is 0 Å². The van der Waals surface area contributed by atoms with Gasteiger partial charge < -0.3 is 4.74 Å². The van der Waals surface area contributed by atoms with E-state index in [9.17, 15) is 14.9 Å². The Bertz CT molecular complexity index is 574. The van der Waals surface area contributed by atoms with Crippen molar-refractivity contribution >= 4 is 29.1 Å². The molecule has 9 heteroatoms. The molecule has 0 aromatic heterocycles. The summed E-state index contributed by atoms with van der Waals surface area (Å²) in [5, 5.41) is 19.2. The number of nitro benzene ring substituents is 1. The van der Waals surface area contributed by atoms with Crippen molar-refractivity contribution in [1.82, 2.24) is 5.48 Å². The number of nitrogens with zero attached hydrogens (tertiary/aromatic N) is 2. The highest BCUT2D eigenvalue weighted by Crippen LogP contribution is 2.26. The van der Waals surface area contributed by atoms with E-state index < -0.39 is 16.9 Å². The number of ether oxygens (including phenoxy) is 1. The zero-order valence-corrected chi connectivity index (χ0v) is 10.1. The number of carbonyl (C=O) groups excluding carboxylic acids is 1. The molecule has 100 valence electrons. The Labute approximate surface area is 111 Å². The molecule has 2 N–H and O–H groups in total. The van der Waals surface area contributed by atoms with Crippen LogP contribution < -0.4 is 5.48 Å². The Morgan fingerprint density at radius 2 is 2.37 bits per heavy atom. The molecule has 2 rings (SSSR count). The number of benzene rings is 1. The Balaban J connectivity index is 2.31. The lowest BCUT2D eigenvalue weighted by molar-refractivity contribution is -0.384. The number of amides is 1. The summed E-state index contributed by atoms with van der Waals surface area (Å²) in [4.78, 5) is 25.2. The number of aliphatic imine (C=N–C) groups is 1. The number of hydrogen-bond acceptors (Lipinski definition) is 6. The summed E-state index contributed by atoms with van der Waals surface area (Å²) < 4.78 is 5.16.